The number of allylic oxidation sites excluding steroid dienone is 2. The van der Waals surface area contributed by atoms with Crippen LogP contribution < -0.4 is 0 Å². The molecule has 0 spiro atoms. The Morgan fingerprint density at radius 1 is 1.18 bits per heavy atom. The lowest BCUT2D eigenvalue weighted by Crippen LogP contribution is -2.37. The average Bonchev–Trinajstić information content (AvgIpc) is 3.15. The number of halogens is 4. The SMILES string of the molecule is C#CC(CC)(/C(C)=C/C#CCc1ccc2c(-c3ccc(F)cc3)c(C#N)nn2c1)C(F)(F)F. The molecule has 1 atom stereocenters. The van der Waals surface area contributed by atoms with Crippen molar-refractivity contribution in [3.8, 4) is 41.4 Å². The fourth-order valence-corrected chi connectivity index (χ4v) is 3.61. The molecule has 0 fully saturated rings. The van der Waals surface area contributed by atoms with Gasteiger partial charge in [-0.15, -0.1) is 6.42 Å². The van der Waals surface area contributed by atoms with Crippen molar-refractivity contribution in [2.45, 2.75) is 32.9 Å². The molecular weight excluding hydrogens is 430 g/mol. The Morgan fingerprint density at radius 2 is 1.88 bits per heavy atom. The van der Waals surface area contributed by atoms with Crippen molar-refractivity contribution in [1.29, 1.82) is 5.26 Å². The molecule has 0 aliphatic rings. The number of fused-ring (bicyclic) bond motifs is 1. The number of nitrogens with zero attached hydrogens (tertiary/aromatic N) is 3. The van der Waals surface area contributed by atoms with Gasteiger partial charge in [-0.25, -0.2) is 8.91 Å². The van der Waals surface area contributed by atoms with E-state index in [-0.39, 0.29) is 29.9 Å². The molecule has 3 nitrogen and oxygen atoms in total. The molecule has 3 rings (SSSR count). The van der Waals surface area contributed by atoms with E-state index in [4.69, 9.17) is 6.42 Å². The Bertz CT molecular complexity index is 1350. The van der Waals surface area contributed by atoms with Gasteiger partial charge in [0.15, 0.2) is 5.69 Å². The summed E-state index contributed by atoms with van der Waals surface area (Å²) in [5.74, 6) is 7.01. The highest BCUT2D eigenvalue weighted by atomic mass is 19.4. The summed E-state index contributed by atoms with van der Waals surface area (Å²) in [6, 6.07) is 11.4. The molecule has 0 radical (unpaired) electrons. The van der Waals surface area contributed by atoms with Crippen molar-refractivity contribution < 1.29 is 17.6 Å². The Labute approximate surface area is 189 Å². The zero-order chi connectivity index (χ0) is 24.2. The lowest BCUT2D eigenvalue weighted by Gasteiger charge is -2.30. The Morgan fingerprint density at radius 3 is 2.45 bits per heavy atom. The zero-order valence-corrected chi connectivity index (χ0v) is 18.0. The van der Waals surface area contributed by atoms with Gasteiger partial charge in [-0.1, -0.05) is 42.9 Å². The highest BCUT2D eigenvalue weighted by Gasteiger charge is 2.53. The molecule has 2 heterocycles. The fourth-order valence-electron chi connectivity index (χ4n) is 3.61. The van der Waals surface area contributed by atoms with Gasteiger partial charge in [0, 0.05) is 18.2 Å². The molecule has 166 valence electrons. The molecule has 1 unspecified atom stereocenters. The third kappa shape index (κ3) is 4.47. The molecule has 0 saturated carbocycles. The molecule has 3 aromatic rings. The molecule has 0 aliphatic heterocycles. The van der Waals surface area contributed by atoms with E-state index in [1.165, 1.54) is 32.1 Å². The van der Waals surface area contributed by atoms with Crippen LogP contribution in [-0.2, 0) is 6.42 Å². The van der Waals surface area contributed by atoms with Gasteiger partial charge in [-0.3, -0.25) is 0 Å². The molecule has 7 heteroatoms. The average molecular weight is 449 g/mol. The highest BCUT2D eigenvalue weighted by molar-refractivity contribution is 5.84. The molecule has 0 bridgehead atoms. The summed E-state index contributed by atoms with van der Waals surface area (Å²) >= 11 is 0. The van der Waals surface area contributed by atoms with Gasteiger partial charge in [0.1, 0.15) is 17.3 Å². The van der Waals surface area contributed by atoms with Gasteiger partial charge in [-0.2, -0.15) is 23.5 Å². The lowest BCUT2D eigenvalue weighted by molar-refractivity contribution is -0.190. The molecule has 0 N–H and O–H groups in total. The minimum atomic E-state index is -4.56. The van der Waals surface area contributed by atoms with Crippen LogP contribution in [-0.4, -0.2) is 15.8 Å². The van der Waals surface area contributed by atoms with E-state index < -0.39 is 11.6 Å². The number of rotatable bonds is 4. The van der Waals surface area contributed by atoms with Gasteiger partial charge in [0.25, 0.3) is 0 Å². The van der Waals surface area contributed by atoms with Crippen LogP contribution in [0.15, 0.2) is 54.2 Å². The van der Waals surface area contributed by atoms with E-state index in [1.807, 2.05) is 5.92 Å². The normalized spacial score (nSPS) is 13.5. The van der Waals surface area contributed by atoms with Crippen molar-refractivity contribution in [3.63, 3.8) is 0 Å². The van der Waals surface area contributed by atoms with E-state index in [2.05, 4.69) is 23.0 Å². The third-order valence-corrected chi connectivity index (χ3v) is 5.55. The summed E-state index contributed by atoms with van der Waals surface area (Å²) in [7, 11) is 0. The minimum Gasteiger partial charge on any atom is -0.239 e. The molecule has 0 amide bonds. The Kier molecular flexibility index (Phi) is 6.61. The van der Waals surface area contributed by atoms with Crippen LogP contribution in [0.2, 0.25) is 0 Å². The predicted octanol–water partition coefficient (Wildman–Crippen LogP) is 6.10. The summed E-state index contributed by atoms with van der Waals surface area (Å²) in [6.45, 7) is 2.73. The van der Waals surface area contributed by atoms with Crippen LogP contribution in [0, 0.1) is 46.7 Å². The molecule has 0 aliphatic carbocycles. The second-order valence-corrected chi connectivity index (χ2v) is 7.44. The van der Waals surface area contributed by atoms with Crippen LogP contribution >= 0.6 is 0 Å². The Balaban J connectivity index is 1.89. The van der Waals surface area contributed by atoms with E-state index in [1.54, 1.807) is 35.0 Å². The number of hydrogen-bond donors (Lipinski definition) is 0. The number of terminal acetylenes is 1. The maximum Gasteiger partial charge on any atom is 0.408 e. The third-order valence-electron chi connectivity index (χ3n) is 5.55. The van der Waals surface area contributed by atoms with Crippen LogP contribution in [0.3, 0.4) is 0 Å². The van der Waals surface area contributed by atoms with Crippen molar-refractivity contribution in [3.05, 3.63) is 71.3 Å². The summed E-state index contributed by atoms with van der Waals surface area (Å²) in [5.41, 5.74) is 0.504. The minimum absolute atomic E-state index is 0.0300. The molecule has 2 aromatic heterocycles. The maximum atomic E-state index is 13.5. The van der Waals surface area contributed by atoms with Gasteiger partial charge in [-0.05, 0) is 54.3 Å². The summed E-state index contributed by atoms with van der Waals surface area (Å²) in [5, 5.41) is 13.8. The Hall–Kier alpha value is -4.02. The summed E-state index contributed by atoms with van der Waals surface area (Å²) < 4.78 is 55.2. The van der Waals surface area contributed by atoms with Gasteiger partial charge in [0.2, 0.25) is 0 Å². The standard InChI is InChI=1S/C26H19F4N3/c1-4-25(5-2,26(28,29)30)18(3)8-6-7-9-19-10-15-23-24(20-11-13-21(27)14-12-20)22(16-31)32-33(23)17-19/h1,8,10-15,17H,5,9H2,2-3H3/b18-8+. The van der Waals surface area contributed by atoms with Crippen molar-refractivity contribution in [2.75, 3.05) is 0 Å². The first-order valence-electron chi connectivity index (χ1n) is 10.0. The second kappa shape index (κ2) is 9.23. The number of aromatic nitrogens is 2. The van der Waals surface area contributed by atoms with Gasteiger partial charge in [0.05, 0.1) is 5.52 Å². The van der Waals surface area contributed by atoms with Gasteiger partial charge < -0.3 is 0 Å². The second-order valence-electron chi connectivity index (χ2n) is 7.44. The van der Waals surface area contributed by atoms with E-state index in [0.29, 0.717) is 16.6 Å². The molecule has 0 saturated heterocycles. The smallest absolute Gasteiger partial charge is 0.239 e. The number of nitriles is 1. The number of alkyl halides is 3. The zero-order valence-electron chi connectivity index (χ0n) is 18.0. The summed E-state index contributed by atoms with van der Waals surface area (Å²) in [4.78, 5) is 0. The summed E-state index contributed by atoms with van der Waals surface area (Å²) in [6.07, 6.45) is 3.55. The maximum absolute atomic E-state index is 13.5. The first-order chi connectivity index (χ1) is 15.7. The molecule has 33 heavy (non-hydrogen) atoms. The first-order valence-corrected chi connectivity index (χ1v) is 10.0. The van der Waals surface area contributed by atoms with E-state index in [9.17, 15) is 22.8 Å². The molecular formula is C26H19F4N3. The first kappa shape index (κ1) is 23.6. The van der Waals surface area contributed by atoms with Crippen LogP contribution in [0.4, 0.5) is 17.6 Å². The topological polar surface area (TPSA) is 41.1 Å². The molecule has 1 aromatic carbocycles. The van der Waals surface area contributed by atoms with Crippen molar-refractivity contribution in [1.82, 2.24) is 9.61 Å². The van der Waals surface area contributed by atoms with Crippen molar-refractivity contribution >= 4 is 5.52 Å². The van der Waals surface area contributed by atoms with E-state index in [0.717, 1.165) is 5.56 Å². The van der Waals surface area contributed by atoms with Crippen LogP contribution in [0.1, 0.15) is 31.5 Å². The van der Waals surface area contributed by atoms with Gasteiger partial charge >= 0.3 is 6.18 Å². The van der Waals surface area contributed by atoms with E-state index >= 15 is 0 Å². The van der Waals surface area contributed by atoms with Crippen molar-refractivity contribution in [2.24, 2.45) is 5.41 Å². The number of hydrogen-bond acceptors (Lipinski definition) is 2. The predicted molar refractivity (Wildman–Crippen MR) is 118 cm³/mol. The number of benzene rings is 1. The lowest BCUT2D eigenvalue weighted by atomic mass is 9.78. The fraction of sp³-hybridized carbons (Fsp3) is 0.231. The number of pyridine rings is 1. The highest BCUT2D eigenvalue weighted by Crippen LogP contribution is 2.46. The largest absolute Gasteiger partial charge is 0.408 e. The quantitative estimate of drug-likeness (QED) is 0.357. The van der Waals surface area contributed by atoms with Crippen LogP contribution in [0.5, 0.6) is 0 Å². The van der Waals surface area contributed by atoms with Crippen LogP contribution in [0.25, 0.3) is 16.6 Å². The monoisotopic (exact) mass is 449 g/mol.